The Balaban J connectivity index is 2.03. The minimum Gasteiger partial charge on any atom is -0.495 e. The summed E-state index contributed by atoms with van der Waals surface area (Å²) >= 11 is 6.01. The minimum absolute atomic E-state index is 0.0763. The Hall–Kier alpha value is -2.57. The molecule has 2 aromatic rings. The van der Waals surface area contributed by atoms with Crippen molar-refractivity contribution in [1.29, 1.82) is 0 Å². The SMILES string of the molecule is CCCN(CC(=O)Nc1cc(Cl)ccc1OC)C(C)C(=O)Nc1ccccc1. The van der Waals surface area contributed by atoms with Crippen LogP contribution in [0.2, 0.25) is 5.02 Å². The van der Waals surface area contributed by atoms with E-state index in [1.54, 1.807) is 25.1 Å². The van der Waals surface area contributed by atoms with Gasteiger partial charge in [-0.3, -0.25) is 14.5 Å². The summed E-state index contributed by atoms with van der Waals surface area (Å²) in [7, 11) is 1.53. The molecule has 1 atom stereocenters. The predicted octanol–water partition coefficient (Wildman–Crippen LogP) is 4.03. The summed E-state index contributed by atoms with van der Waals surface area (Å²) in [4.78, 5) is 27.0. The van der Waals surface area contributed by atoms with Gasteiger partial charge in [-0.25, -0.2) is 0 Å². The first-order chi connectivity index (χ1) is 13.4. The standard InChI is InChI=1S/C21H26ClN3O3/c1-4-12-25(15(2)21(27)23-17-8-6-5-7-9-17)14-20(26)24-18-13-16(22)10-11-19(18)28-3/h5-11,13,15H,4,12,14H2,1-3H3,(H,23,27)(H,24,26). The summed E-state index contributed by atoms with van der Waals surface area (Å²) in [5.74, 6) is 0.121. The lowest BCUT2D eigenvalue weighted by Gasteiger charge is -2.27. The maximum absolute atomic E-state index is 12.6. The highest BCUT2D eigenvalue weighted by Crippen LogP contribution is 2.27. The summed E-state index contributed by atoms with van der Waals surface area (Å²) in [5.41, 5.74) is 1.22. The van der Waals surface area contributed by atoms with E-state index in [-0.39, 0.29) is 18.4 Å². The fourth-order valence-electron chi connectivity index (χ4n) is 2.78. The number of methoxy groups -OCH3 is 1. The zero-order valence-electron chi connectivity index (χ0n) is 16.4. The molecule has 0 aliphatic heterocycles. The number of carbonyl (C=O) groups excluding carboxylic acids is 2. The van der Waals surface area contributed by atoms with Gasteiger partial charge in [0.2, 0.25) is 11.8 Å². The van der Waals surface area contributed by atoms with Gasteiger partial charge in [0.05, 0.1) is 25.4 Å². The third kappa shape index (κ3) is 6.25. The topological polar surface area (TPSA) is 70.7 Å². The fraction of sp³-hybridized carbons (Fsp3) is 0.333. The molecular weight excluding hydrogens is 378 g/mol. The Labute approximate surface area is 170 Å². The van der Waals surface area contributed by atoms with E-state index in [0.717, 1.165) is 12.1 Å². The van der Waals surface area contributed by atoms with Gasteiger partial charge in [-0.2, -0.15) is 0 Å². The highest BCUT2D eigenvalue weighted by molar-refractivity contribution is 6.31. The number of nitrogens with one attached hydrogen (secondary N) is 2. The van der Waals surface area contributed by atoms with E-state index >= 15 is 0 Å². The minimum atomic E-state index is -0.466. The average Bonchev–Trinajstić information content (AvgIpc) is 2.68. The van der Waals surface area contributed by atoms with Crippen LogP contribution < -0.4 is 15.4 Å². The number of para-hydroxylation sites is 1. The number of hydrogen-bond acceptors (Lipinski definition) is 4. The van der Waals surface area contributed by atoms with Crippen LogP contribution in [0.5, 0.6) is 5.75 Å². The molecule has 0 heterocycles. The molecule has 0 saturated carbocycles. The van der Waals surface area contributed by atoms with Crippen LogP contribution in [0, 0.1) is 0 Å². The third-order valence-electron chi connectivity index (χ3n) is 4.26. The lowest BCUT2D eigenvalue weighted by Crippen LogP contribution is -2.46. The lowest BCUT2D eigenvalue weighted by atomic mass is 10.2. The molecule has 1 unspecified atom stereocenters. The first-order valence-electron chi connectivity index (χ1n) is 9.18. The maximum Gasteiger partial charge on any atom is 0.241 e. The molecule has 7 heteroatoms. The monoisotopic (exact) mass is 403 g/mol. The van der Waals surface area contributed by atoms with Gasteiger partial charge in [-0.15, -0.1) is 0 Å². The van der Waals surface area contributed by atoms with Crippen molar-refractivity contribution in [2.75, 3.05) is 30.8 Å². The summed E-state index contributed by atoms with van der Waals surface area (Å²) < 4.78 is 5.25. The van der Waals surface area contributed by atoms with Crippen LogP contribution in [0.4, 0.5) is 11.4 Å². The number of benzene rings is 2. The Bertz CT molecular complexity index is 799. The van der Waals surface area contributed by atoms with E-state index in [0.29, 0.717) is 23.0 Å². The summed E-state index contributed by atoms with van der Waals surface area (Å²) in [6.07, 6.45) is 0.816. The van der Waals surface area contributed by atoms with Crippen LogP contribution in [0.25, 0.3) is 0 Å². The van der Waals surface area contributed by atoms with Crippen molar-refractivity contribution in [1.82, 2.24) is 4.90 Å². The Morgan fingerprint density at radius 3 is 2.50 bits per heavy atom. The van der Waals surface area contributed by atoms with Crippen LogP contribution in [0.3, 0.4) is 0 Å². The lowest BCUT2D eigenvalue weighted by molar-refractivity contribution is -0.123. The van der Waals surface area contributed by atoms with Crippen molar-refractivity contribution in [2.24, 2.45) is 0 Å². The van der Waals surface area contributed by atoms with Crippen molar-refractivity contribution in [3.63, 3.8) is 0 Å². The van der Waals surface area contributed by atoms with E-state index < -0.39 is 6.04 Å². The van der Waals surface area contributed by atoms with Gasteiger partial charge in [0.15, 0.2) is 0 Å². The second-order valence-electron chi connectivity index (χ2n) is 6.39. The Kier molecular flexibility index (Phi) is 8.29. The molecule has 0 aliphatic carbocycles. The maximum atomic E-state index is 12.6. The second kappa shape index (κ2) is 10.7. The number of rotatable bonds is 9. The third-order valence-corrected chi connectivity index (χ3v) is 4.50. The van der Waals surface area contributed by atoms with E-state index in [2.05, 4.69) is 10.6 Å². The van der Waals surface area contributed by atoms with Gasteiger partial charge in [0.1, 0.15) is 5.75 Å². The smallest absolute Gasteiger partial charge is 0.241 e. The molecule has 0 bridgehead atoms. The molecule has 0 fully saturated rings. The zero-order chi connectivity index (χ0) is 20.5. The average molecular weight is 404 g/mol. The van der Waals surface area contributed by atoms with E-state index in [4.69, 9.17) is 16.3 Å². The van der Waals surface area contributed by atoms with Crippen LogP contribution in [0.1, 0.15) is 20.3 Å². The van der Waals surface area contributed by atoms with E-state index in [1.165, 1.54) is 7.11 Å². The Morgan fingerprint density at radius 1 is 1.14 bits per heavy atom. The van der Waals surface area contributed by atoms with Crippen LogP contribution in [-0.2, 0) is 9.59 Å². The van der Waals surface area contributed by atoms with E-state index in [9.17, 15) is 9.59 Å². The highest BCUT2D eigenvalue weighted by atomic mass is 35.5. The molecule has 0 aliphatic rings. The van der Waals surface area contributed by atoms with Gasteiger partial charge in [-0.05, 0) is 50.2 Å². The van der Waals surface area contributed by atoms with Gasteiger partial charge < -0.3 is 15.4 Å². The first-order valence-corrected chi connectivity index (χ1v) is 9.55. The quantitative estimate of drug-likeness (QED) is 0.663. The molecule has 2 N–H and O–H groups in total. The molecule has 0 aromatic heterocycles. The summed E-state index contributed by atoms with van der Waals surface area (Å²) in [6.45, 7) is 4.49. The molecule has 0 radical (unpaired) electrons. The molecule has 2 aromatic carbocycles. The normalized spacial score (nSPS) is 11.8. The van der Waals surface area contributed by atoms with Gasteiger partial charge >= 0.3 is 0 Å². The zero-order valence-corrected chi connectivity index (χ0v) is 17.1. The molecule has 0 spiro atoms. The number of ether oxygens (including phenoxy) is 1. The second-order valence-corrected chi connectivity index (χ2v) is 6.83. The number of anilines is 2. The van der Waals surface area contributed by atoms with Crippen LogP contribution in [0.15, 0.2) is 48.5 Å². The van der Waals surface area contributed by atoms with Crippen molar-refractivity contribution in [3.8, 4) is 5.75 Å². The molecule has 6 nitrogen and oxygen atoms in total. The molecule has 28 heavy (non-hydrogen) atoms. The largest absolute Gasteiger partial charge is 0.495 e. The van der Waals surface area contributed by atoms with Gasteiger partial charge in [-0.1, -0.05) is 36.7 Å². The molecule has 2 amide bonds. The summed E-state index contributed by atoms with van der Waals surface area (Å²) in [5, 5.41) is 6.19. The van der Waals surface area contributed by atoms with Crippen molar-refractivity contribution >= 4 is 34.8 Å². The van der Waals surface area contributed by atoms with Crippen molar-refractivity contribution in [3.05, 3.63) is 53.6 Å². The molecular formula is C21H26ClN3O3. The summed E-state index contributed by atoms with van der Waals surface area (Å²) in [6, 6.07) is 13.8. The van der Waals surface area contributed by atoms with E-state index in [1.807, 2.05) is 42.2 Å². The first kappa shape index (κ1) is 21.7. The van der Waals surface area contributed by atoms with Crippen LogP contribution >= 0.6 is 11.6 Å². The fourth-order valence-corrected chi connectivity index (χ4v) is 2.96. The molecule has 0 saturated heterocycles. The Morgan fingerprint density at radius 2 is 1.86 bits per heavy atom. The van der Waals surface area contributed by atoms with Crippen molar-refractivity contribution < 1.29 is 14.3 Å². The molecule has 2 rings (SSSR count). The number of nitrogens with zero attached hydrogens (tertiary/aromatic N) is 1. The van der Waals surface area contributed by atoms with Crippen LogP contribution in [-0.4, -0.2) is 43.0 Å². The number of hydrogen-bond donors (Lipinski definition) is 2. The van der Waals surface area contributed by atoms with Gasteiger partial charge in [0, 0.05) is 10.7 Å². The predicted molar refractivity (Wildman–Crippen MR) is 113 cm³/mol. The highest BCUT2D eigenvalue weighted by Gasteiger charge is 2.23. The van der Waals surface area contributed by atoms with Crippen molar-refractivity contribution in [2.45, 2.75) is 26.3 Å². The number of amides is 2. The molecule has 150 valence electrons. The number of halogens is 1. The number of carbonyl (C=O) groups is 2. The van der Waals surface area contributed by atoms with Gasteiger partial charge in [0.25, 0.3) is 0 Å².